The Balaban J connectivity index is 1.61. The first kappa shape index (κ1) is 15.3. The lowest BCUT2D eigenvalue weighted by molar-refractivity contribution is 0.248. The molecule has 1 unspecified atom stereocenters. The number of rotatable bonds is 5. The van der Waals surface area contributed by atoms with Gasteiger partial charge in [-0.3, -0.25) is 4.90 Å². The molecule has 1 aliphatic heterocycles. The van der Waals surface area contributed by atoms with Gasteiger partial charge in [-0.1, -0.05) is 6.07 Å². The number of halogens is 1. The Morgan fingerprint density at radius 3 is 2.52 bits per heavy atom. The van der Waals surface area contributed by atoms with E-state index in [9.17, 15) is 0 Å². The number of hydrogen-bond donors (Lipinski definition) is 1. The van der Waals surface area contributed by atoms with Crippen molar-refractivity contribution in [2.45, 2.75) is 25.8 Å². The van der Waals surface area contributed by atoms with Gasteiger partial charge >= 0.3 is 0 Å². The van der Waals surface area contributed by atoms with Crippen LogP contribution in [0.4, 0.5) is 5.69 Å². The highest BCUT2D eigenvalue weighted by Gasteiger charge is 2.26. The highest BCUT2D eigenvalue weighted by Crippen LogP contribution is 2.32. The Morgan fingerprint density at radius 2 is 1.95 bits per heavy atom. The van der Waals surface area contributed by atoms with Gasteiger partial charge in [-0.15, -0.1) is 0 Å². The van der Waals surface area contributed by atoms with Crippen LogP contribution >= 0.6 is 15.9 Å². The molecule has 0 bridgehead atoms. The van der Waals surface area contributed by atoms with Crippen molar-refractivity contribution < 1.29 is 0 Å². The molecule has 3 rings (SSSR count). The Kier molecular flexibility index (Phi) is 4.87. The van der Waals surface area contributed by atoms with Crippen molar-refractivity contribution in [3.63, 3.8) is 0 Å². The van der Waals surface area contributed by atoms with Gasteiger partial charge in [0.25, 0.3) is 0 Å². The molecule has 1 N–H and O–H groups in total. The Hall–Kier alpha value is -0.580. The van der Waals surface area contributed by atoms with Crippen LogP contribution in [0.25, 0.3) is 0 Å². The fourth-order valence-corrected chi connectivity index (χ4v) is 3.70. The Labute approximate surface area is 136 Å². The summed E-state index contributed by atoms with van der Waals surface area (Å²) in [6.07, 6.45) is 2.91. The number of hydrogen-bond acceptors (Lipinski definition) is 3. The first-order valence-electron chi connectivity index (χ1n) is 8.11. The summed E-state index contributed by atoms with van der Waals surface area (Å²) in [4.78, 5) is 5.15. The second-order valence-electron chi connectivity index (χ2n) is 6.45. The minimum Gasteiger partial charge on any atom is -0.368 e. The van der Waals surface area contributed by atoms with Gasteiger partial charge < -0.3 is 10.2 Å². The van der Waals surface area contributed by atoms with Crippen molar-refractivity contribution >= 4 is 21.6 Å². The van der Waals surface area contributed by atoms with Crippen molar-refractivity contribution in [3.8, 4) is 0 Å². The molecule has 2 fully saturated rings. The normalized spacial score (nSPS) is 21.6. The molecule has 2 aliphatic rings. The van der Waals surface area contributed by atoms with E-state index in [1.165, 1.54) is 48.2 Å². The van der Waals surface area contributed by atoms with E-state index in [4.69, 9.17) is 0 Å². The monoisotopic (exact) mass is 351 g/mol. The zero-order chi connectivity index (χ0) is 14.8. The standard InChI is InChI=1S/C17H26BrN3/c1-13(19-2)15-5-6-17(16(18)11-15)21-9-7-20(8-10-21)12-14-3-4-14/h5-6,11,13-14,19H,3-4,7-10,12H2,1-2H3. The van der Waals surface area contributed by atoms with Gasteiger partial charge in [0.1, 0.15) is 0 Å². The zero-order valence-electron chi connectivity index (χ0n) is 13.1. The second kappa shape index (κ2) is 6.67. The molecule has 1 aromatic rings. The van der Waals surface area contributed by atoms with Gasteiger partial charge in [0.15, 0.2) is 0 Å². The van der Waals surface area contributed by atoms with E-state index in [0.29, 0.717) is 6.04 Å². The molecule has 0 radical (unpaired) electrons. The fourth-order valence-electron chi connectivity index (χ4n) is 3.05. The van der Waals surface area contributed by atoms with Crippen molar-refractivity contribution in [2.24, 2.45) is 5.92 Å². The molecule has 1 heterocycles. The van der Waals surface area contributed by atoms with Crippen molar-refractivity contribution in [2.75, 3.05) is 44.7 Å². The summed E-state index contributed by atoms with van der Waals surface area (Å²) in [6, 6.07) is 7.17. The molecule has 1 aliphatic carbocycles. The molecule has 116 valence electrons. The van der Waals surface area contributed by atoms with Crippen LogP contribution in [0.2, 0.25) is 0 Å². The van der Waals surface area contributed by atoms with Crippen molar-refractivity contribution in [1.29, 1.82) is 0 Å². The molecule has 0 aromatic heterocycles. The van der Waals surface area contributed by atoms with Crippen LogP contribution in [0.3, 0.4) is 0 Å². The van der Waals surface area contributed by atoms with Gasteiger partial charge in [0.05, 0.1) is 5.69 Å². The smallest absolute Gasteiger partial charge is 0.0511 e. The quantitative estimate of drug-likeness (QED) is 0.878. The lowest BCUT2D eigenvalue weighted by Crippen LogP contribution is -2.47. The van der Waals surface area contributed by atoms with Crippen LogP contribution in [0, 0.1) is 5.92 Å². The maximum atomic E-state index is 3.76. The maximum absolute atomic E-state index is 3.76. The Bertz CT molecular complexity index is 479. The molecule has 1 saturated heterocycles. The molecule has 3 nitrogen and oxygen atoms in total. The summed E-state index contributed by atoms with van der Waals surface area (Å²) in [7, 11) is 2.01. The Morgan fingerprint density at radius 1 is 1.24 bits per heavy atom. The van der Waals surface area contributed by atoms with E-state index in [2.05, 4.69) is 56.2 Å². The highest BCUT2D eigenvalue weighted by atomic mass is 79.9. The largest absolute Gasteiger partial charge is 0.368 e. The zero-order valence-corrected chi connectivity index (χ0v) is 14.7. The minimum absolute atomic E-state index is 0.394. The lowest BCUT2D eigenvalue weighted by atomic mass is 10.1. The van der Waals surface area contributed by atoms with Crippen LogP contribution in [-0.2, 0) is 0 Å². The van der Waals surface area contributed by atoms with Gasteiger partial charge in [-0.05, 0) is 66.4 Å². The van der Waals surface area contributed by atoms with E-state index in [-0.39, 0.29) is 0 Å². The molecule has 0 spiro atoms. The first-order chi connectivity index (χ1) is 10.2. The number of nitrogens with zero attached hydrogens (tertiary/aromatic N) is 2. The van der Waals surface area contributed by atoms with Crippen LogP contribution < -0.4 is 10.2 Å². The average Bonchev–Trinajstić information content (AvgIpc) is 3.31. The lowest BCUT2D eigenvalue weighted by Gasteiger charge is -2.36. The summed E-state index contributed by atoms with van der Waals surface area (Å²) in [5, 5.41) is 3.30. The van der Waals surface area contributed by atoms with E-state index < -0.39 is 0 Å². The summed E-state index contributed by atoms with van der Waals surface area (Å²) in [6.45, 7) is 8.22. The maximum Gasteiger partial charge on any atom is 0.0511 e. The summed E-state index contributed by atoms with van der Waals surface area (Å²) < 4.78 is 1.22. The average molecular weight is 352 g/mol. The third-order valence-corrected chi connectivity index (χ3v) is 5.47. The topological polar surface area (TPSA) is 18.5 Å². The van der Waals surface area contributed by atoms with E-state index in [1.54, 1.807) is 0 Å². The minimum atomic E-state index is 0.394. The van der Waals surface area contributed by atoms with Gasteiger partial charge in [0.2, 0.25) is 0 Å². The second-order valence-corrected chi connectivity index (χ2v) is 7.31. The third kappa shape index (κ3) is 3.79. The highest BCUT2D eigenvalue weighted by molar-refractivity contribution is 9.10. The van der Waals surface area contributed by atoms with Crippen LogP contribution in [0.1, 0.15) is 31.4 Å². The van der Waals surface area contributed by atoms with Gasteiger partial charge in [-0.2, -0.15) is 0 Å². The molecular weight excluding hydrogens is 326 g/mol. The van der Waals surface area contributed by atoms with E-state index in [1.807, 2.05) is 7.05 Å². The summed E-state index contributed by atoms with van der Waals surface area (Å²) >= 11 is 3.76. The number of piperazine rings is 1. The third-order valence-electron chi connectivity index (χ3n) is 4.83. The number of nitrogens with one attached hydrogen (secondary N) is 1. The SMILES string of the molecule is CNC(C)c1ccc(N2CCN(CC3CC3)CC2)c(Br)c1. The van der Waals surface area contributed by atoms with Crippen LogP contribution in [-0.4, -0.2) is 44.7 Å². The summed E-state index contributed by atoms with van der Waals surface area (Å²) in [5.41, 5.74) is 2.67. The molecule has 21 heavy (non-hydrogen) atoms. The molecule has 0 amide bonds. The van der Waals surface area contributed by atoms with Crippen LogP contribution in [0.15, 0.2) is 22.7 Å². The first-order valence-corrected chi connectivity index (χ1v) is 8.90. The van der Waals surface area contributed by atoms with Gasteiger partial charge in [0, 0.05) is 43.2 Å². The predicted molar refractivity (Wildman–Crippen MR) is 93.0 cm³/mol. The number of benzene rings is 1. The van der Waals surface area contributed by atoms with E-state index in [0.717, 1.165) is 19.0 Å². The molecule has 1 aromatic carbocycles. The fraction of sp³-hybridized carbons (Fsp3) is 0.647. The molecular formula is C17H26BrN3. The summed E-state index contributed by atoms with van der Waals surface area (Å²) in [5.74, 6) is 1.01. The van der Waals surface area contributed by atoms with Gasteiger partial charge in [-0.25, -0.2) is 0 Å². The molecule has 1 saturated carbocycles. The van der Waals surface area contributed by atoms with Crippen LogP contribution in [0.5, 0.6) is 0 Å². The molecule has 4 heteroatoms. The van der Waals surface area contributed by atoms with Crippen molar-refractivity contribution in [3.05, 3.63) is 28.2 Å². The molecule has 1 atom stereocenters. The number of anilines is 1. The van der Waals surface area contributed by atoms with Crippen molar-refractivity contribution in [1.82, 2.24) is 10.2 Å². The predicted octanol–water partition coefficient (Wildman–Crippen LogP) is 3.26. The van der Waals surface area contributed by atoms with E-state index >= 15 is 0 Å².